The first-order valence-corrected chi connectivity index (χ1v) is 9.90. The van der Waals surface area contributed by atoms with Gasteiger partial charge in [-0.2, -0.15) is 0 Å². The molecule has 1 aliphatic rings. The van der Waals surface area contributed by atoms with Gasteiger partial charge in [0.15, 0.2) is 12.4 Å². The predicted molar refractivity (Wildman–Crippen MR) is 107 cm³/mol. The summed E-state index contributed by atoms with van der Waals surface area (Å²) in [6, 6.07) is 12.7. The Labute approximate surface area is 171 Å². The van der Waals surface area contributed by atoms with E-state index >= 15 is 0 Å². The van der Waals surface area contributed by atoms with Gasteiger partial charge >= 0.3 is 5.97 Å². The highest BCUT2D eigenvalue weighted by atomic mass is 32.2. The predicted octanol–water partition coefficient (Wildman–Crippen LogP) is 3.24. The topological polar surface area (TPSA) is 107 Å². The van der Waals surface area contributed by atoms with E-state index in [9.17, 15) is 24.5 Å². The Bertz CT molecular complexity index is 961. The van der Waals surface area contributed by atoms with E-state index in [2.05, 4.69) is 0 Å². The minimum absolute atomic E-state index is 0.0213. The van der Waals surface area contributed by atoms with Crippen molar-refractivity contribution >= 4 is 40.8 Å². The number of nitrogens with zero attached hydrogens (tertiary/aromatic N) is 2. The second-order valence-electron chi connectivity index (χ2n) is 6.30. The van der Waals surface area contributed by atoms with Gasteiger partial charge in [-0.1, -0.05) is 24.3 Å². The van der Waals surface area contributed by atoms with Gasteiger partial charge < -0.3 is 9.64 Å². The summed E-state index contributed by atoms with van der Waals surface area (Å²) < 4.78 is 5.01. The molecule has 1 fully saturated rings. The fraction of sp³-hybridized carbons (Fsp3) is 0.250. The van der Waals surface area contributed by atoms with E-state index in [1.807, 2.05) is 0 Å². The second kappa shape index (κ2) is 9.33. The van der Waals surface area contributed by atoms with E-state index in [-0.39, 0.29) is 23.1 Å². The van der Waals surface area contributed by atoms with Gasteiger partial charge in [-0.15, -0.1) is 11.8 Å². The highest BCUT2D eigenvalue weighted by molar-refractivity contribution is 8.00. The Morgan fingerprint density at radius 3 is 2.69 bits per heavy atom. The minimum atomic E-state index is -0.646. The average Bonchev–Trinajstić information content (AvgIpc) is 3.16. The molecular weight excluding hydrogens is 396 g/mol. The van der Waals surface area contributed by atoms with Crippen LogP contribution in [0, 0.1) is 10.1 Å². The van der Waals surface area contributed by atoms with Crippen LogP contribution in [0.1, 0.15) is 23.2 Å². The minimum Gasteiger partial charge on any atom is -0.457 e. The smallest absolute Gasteiger partial charge is 0.316 e. The lowest BCUT2D eigenvalue weighted by atomic mass is 10.1. The number of ether oxygens (including phenoxy) is 1. The summed E-state index contributed by atoms with van der Waals surface area (Å²) in [5.74, 6) is -1.16. The van der Waals surface area contributed by atoms with Crippen molar-refractivity contribution < 1.29 is 24.0 Å². The number of hydrogen-bond acceptors (Lipinski definition) is 7. The molecule has 0 saturated carbocycles. The van der Waals surface area contributed by atoms with Crippen molar-refractivity contribution in [2.24, 2.45) is 0 Å². The molecule has 0 aromatic heterocycles. The number of hydrogen-bond donors (Lipinski definition) is 0. The number of benzene rings is 2. The number of thioether (sulfide) groups is 1. The molecule has 0 aliphatic carbocycles. The summed E-state index contributed by atoms with van der Waals surface area (Å²) in [6.45, 7) is 0.183. The maximum atomic E-state index is 12.3. The van der Waals surface area contributed by atoms with E-state index in [4.69, 9.17) is 4.74 Å². The first kappa shape index (κ1) is 20.5. The molecule has 3 rings (SSSR count). The van der Waals surface area contributed by atoms with Crippen LogP contribution in [0.2, 0.25) is 0 Å². The monoisotopic (exact) mass is 414 g/mol. The van der Waals surface area contributed by atoms with Gasteiger partial charge in [0.25, 0.3) is 5.69 Å². The van der Waals surface area contributed by atoms with Crippen LogP contribution in [-0.4, -0.2) is 41.5 Å². The zero-order valence-electron chi connectivity index (χ0n) is 15.4. The number of esters is 1. The SMILES string of the molecule is O=C(CSc1ccccc1[N+](=O)[O-])OCC(=O)c1cccc(N2CCCC2=O)c1. The van der Waals surface area contributed by atoms with Gasteiger partial charge in [0.05, 0.1) is 15.6 Å². The molecule has 8 nitrogen and oxygen atoms in total. The quantitative estimate of drug-likeness (QED) is 0.215. The maximum absolute atomic E-state index is 12.3. The Balaban J connectivity index is 1.54. The van der Waals surface area contributed by atoms with Gasteiger partial charge in [0.2, 0.25) is 5.91 Å². The third-order valence-electron chi connectivity index (χ3n) is 4.32. The number of nitro benzene ring substituents is 1. The van der Waals surface area contributed by atoms with Crippen molar-refractivity contribution in [3.63, 3.8) is 0 Å². The van der Waals surface area contributed by atoms with Gasteiger partial charge in [0.1, 0.15) is 0 Å². The molecule has 1 heterocycles. The summed E-state index contributed by atoms with van der Waals surface area (Å²) in [5, 5.41) is 11.0. The van der Waals surface area contributed by atoms with Crippen molar-refractivity contribution in [2.75, 3.05) is 23.8 Å². The molecule has 0 unspecified atom stereocenters. The van der Waals surface area contributed by atoms with E-state index in [1.54, 1.807) is 47.4 Å². The van der Waals surface area contributed by atoms with Crippen molar-refractivity contribution in [2.45, 2.75) is 17.7 Å². The fourth-order valence-electron chi connectivity index (χ4n) is 2.91. The van der Waals surface area contributed by atoms with Crippen molar-refractivity contribution in [3.8, 4) is 0 Å². The van der Waals surface area contributed by atoms with Crippen LogP contribution in [0.15, 0.2) is 53.4 Å². The molecule has 1 aliphatic heterocycles. The average molecular weight is 414 g/mol. The molecule has 150 valence electrons. The number of rotatable bonds is 8. The van der Waals surface area contributed by atoms with E-state index in [0.29, 0.717) is 29.1 Å². The van der Waals surface area contributed by atoms with E-state index < -0.39 is 17.5 Å². The number of para-hydroxylation sites is 1. The highest BCUT2D eigenvalue weighted by Crippen LogP contribution is 2.28. The molecule has 2 aromatic rings. The van der Waals surface area contributed by atoms with E-state index in [1.165, 1.54) is 6.07 Å². The highest BCUT2D eigenvalue weighted by Gasteiger charge is 2.22. The first-order valence-electron chi connectivity index (χ1n) is 8.91. The molecule has 9 heteroatoms. The lowest BCUT2D eigenvalue weighted by molar-refractivity contribution is -0.387. The molecule has 0 bridgehead atoms. The zero-order valence-corrected chi connectivity index (χ0v) is 16.2. The van der Waals surface area contributed by atoms with Crippen molar-refractivity contribution in [1.29, 1.82) is 0 Å². The number of carbonyl (C=O) groups is 3. The van der Waals surface area contributed by atoms with Crippen molar-refractivity contribution in [1.82, 2.24) is 0 Å². The molecule has 0 N–H and O–H groups in total. The first-order chi connectivity index (χ1) is 14.0. The van der Waals surface area contributed by atoms with Crippen LogP contribution in [0.5, 0.6) is 0 Å². The molecular formula is C20H18N2O6S. The van der Waals surface area contributed by atoms with Crippen molar-refractivity contribution in [3.05, 3.63) is 64.2 Å². The Kier molecular flexibility index (Phi) is 6.61. The summed E-state index contributed by atoms with van der Waals surface area (Å²) in [7, 11) is 0. The number of amides is 1. The van der Waals surface area contributed by atoms with Crippen LogP contribution in [-0.2, 0) is 14.3 Å². The molecule has 0 atom stereocenters. The number of carbonyl (C=O) groups excluding carboxylic acids is 3. The maximum Gasteiger partial charge on any atom is 0.316 e. The van der Waals surface area contributed by atoms with Crippen LogP contribution < -0.4 is 4.90 Å². The number of nitro groups is 1. The van der Waals surface area contributed by atoms with Gasteiger partial charge in [0, 0.05) is 30.3 Å². The molecule has 0 spiro atoms. The summed E-state index contributed by atoms with van der Waals surface area (Å²) in [6.07, 6.45) is 1.28. The Morgan fingerprint density at radius 1 is 1.17 bits per heavy atom. The summed E-state index contributed by atoms with van der Waals surface area (Å²) in [5.41, 5.74) is 0.910. The van der Waals surface area contributed by atoms with E-state index in [0.717, 1.165) is 18.2 Å². The second-order valence-corrected chi connectivity index (χ2v) is 7.31. The lowest BCUT2D eigenvalue weighted by Gasteiger charge is -2.16. The third kappa shape index (κ3) is 5.20. The third-order valence-corrected chi connectivity index (χ3v) is 5.36. The zero-order chi connectivity index (χ0) is 20.8. The summed E-state index contributed by atoms with van der Waals surface area (Å²) in [4.78, 5) is 48.6. The molecule has 1 saturated heterocycles. The van der Waals surface area contributed by atoms with Crippen LogP contribution in [0.25, 0.3) is 0 Å². The lowest BCUT2D eigenvalue weighted by Crippen LogP contribution is -2.24. The van der Waals surface area contributed by atoms with Gasteiger partial charge in [-0.05, 0) is 24.6 Å². The standard InChI is InChI=1S/C20H18N2O6S/c23-17(14-5-3-6-15(11-14)21-10-4-9-19(21)24)12-28-20(25)13-29-18-8-2-1-7-16(18)22(26)27/h1-3,5-8,11H,4,9-10,12-13H2. The van der Waals surface area contributed by atoms with Crippen LogP contribution in [0.4, 0.5) is 11.4 Å². The van der Waals surface area contributed by atoms with Gasteiger partial charge in [-0.3, -0.25) is 24.5 Å². The van der Waals surface area contributed by atoms with Crippen LogP contribution >= 0.6 is 11.8 Å². The number of anilines is 1. The number of ketones is 1. The molecule has 29 heavy (non-hydrogen) atoms. The number of Topliss-reactive ketones (excluding diaryl/α,β-unsaturated/α-hetero) is 1. The molecule has 0 radical (unpaired) electrons. The normalized spacial score (nSPS) is 13.4. The molecule has 2 aromatic carbocycles. The van der Waals surface area contributed by atoms with Crippen LogP contribution in [0.3, 0.4) is 0 Å². The largest absolute Gasteiger partial charge is 0.457 e. The Morgan fingerprint density at radius 2 is 1.97 bits per heavy atom. The Hall–Kier alpha value is -3.20. The van der Waals surface area contributed by atoms with Gasteiger partial charge in [-0.25, -0.2) is 0 Å². The fourth-order valence-corrected chi connectivity index (χ4v) is 3.73. The molecule has 1 amide bonds. The summed E-state index contributed by atoms with van der Waals surface area (Å²) >= 11 is 0.979.